The zero-order valence-corrected chi connectivity index (χ0v) is 15.5. The first-order chi connectivity index (χ1) is 13.0. The van der Waals surface area contributed by atoms with Gasteiger partial charge in [-0.3, -0.25) is 4.68 Å². The van der Waals surface area contributed by atoms with Crippen LogP contribution >= 0.6 is 11.3 Å². The smallest absolute Gasteiger partial charge is 0.348 e. The molecule has 0 amide bonds. The van der Waals surface area contributed by atoms with Crippen molar-refractivity contribution in [2.24, 2.45) is 7.05 Å². The van der Waals surface area contributed by atoms with Crippen LogP contribution in [0.4, 0.5) is 5.82 Å². The van der Waals surface area contributed by atoms with Gasteiger partial charge in [-0.15, -0.1) is 11.3 Å². The normalized spacial score (nSPS) is 10.9. The van der Waals surface area contributed by atoms with E-state index in [-0.39, 0.29) is 0 Å². The van der Waals surface area contributed by atoms with Gasteiger partial charge in [0.1, 0.15) is 16.4 Å². The van der Waals surface area contributed by atoms with Crippen molar-refractivity contribution >= 4 is 33.2 Å². The van der Waals surface area contributed by atoms with Crippen molar-refractivity contribution in [1.82, 2.24) is 14.8 Å². The van der Waals surface area contributed by atoms with Crippen molar-refractivity contribution in [2.45, 2.75) is 0 Å². The first kappa shape index (κ1) is 17.0. The standard InChI is InChI=1S/C19H16N4O3S/c1-23-10-12(8-22-23)11-3-5-13(6-4-11)26-15-9-21-18(20)17-14(15)7-16(27-17)19(24)25-2/h3-10H,1-2H3,(H2,20,21). The number of methoxy groups -OCH3 is 1. The van der Waals surface area contributed by atoms with Gasteiger partial charge in [0.2, 0.25) is 0 Å². The molecule has 3 aromatic heterocycles. The van der Waals surface area contributed by atoms with Crippen LogP contribution in [-0.4, -0.2) is 27.8 Å². The number of aryl methyl sites for hydroxylation is 1. The molecule has 0 aliphatic carbocycles. The third-order valence-corrected chi connectivity index (χ3v) is 5.20. The van der Waals surface area contributed by atoms with Gasteiger partial charge in [-0.2, -0.15) is 5.10 Å². The molecular formula is C19H16N4O3S. The Morgan fingerprint density at radius 2 is 1.96 bits per heavy atom. The summed E-state index contributed by atoms with van der Waals surface area (Å²) in [5.41, 5.74) is 8.01. The van der Waals surface area contributed by atoms with Crippen LogP contribution in [0, 0.1) is 0 Å². The largest absolute Gasteiger partial charge is 0.465 e. The summed E-state index contributed by atoms with van der Waals surface area (Å²) in [4.78, 5) is 16.4. The minimum absolute atomic E-state index is 0.351. The molecule has 7 nitrogen and oxygen atoms in total. The number of hydrogen-bond acceptors (Lipinski definition) is 7. The highest BCUT2D eigenvalue weighted by atomic mass is 32.1. The average molecular weight is 380 g/mol. The van der Waals surface area contributed by atoms with Gasteiger partial charge in [-0.25, -0.2) is 9.78 Å². The van der Waals surface area contributed by atoms with Gasteiger partial charge < -0.3 is 15.2 Å². The number of fused-ring (bicyclic) bond motifs is 1. The van der Waals surface area contributed by atoms with Crippen LogP contribution in [0.2, 0.25) is 0 Å². The van der Waals surface area contributed by atoms with Crippen molar-refractivity contribution in [3.8, 4) is 22.6 Å². The van der Waals surface area contributed by atoms with Crippen LogP contribution in [0.5, 0.6) is 11.5 Å². The molecular weight excluding hydrogens is 364 g/mol. The van der Waals surface area contributed by atoms with E-state index in [1.165, 1.54) is 18.4 Å². The van der Waals surface area contributed by atoms with Crippen LogP contribution in [0.1, 0.15) is 9.67 Å². The Balaban J connectivity index is 1.66. The van der Waals surface area contributed by atoms with Crippen LogP contribution in [0.15, 0.2) is 48.9 Å². The number of nitrogen functional groups attached to an aromatic ring is 1. The van der Waals surface area contributed by atoms with Crippen molar-refractivity contribution in [1.29, 1.82) is 0 Å². The molecule has 0 aliphatic rings. The fraction of sp³-hybridized carbons (Fsp3) is 0.105. The number of benzene rings is 1. The van der Waals surface area contributed by atoms with Crippen LogP contribution in [0.25, 0.3) is 21.2 Å². The maximum absolute atomic E-state index is 11.8. The maximum atomic E-state index is 11.8. The Hall–Kier alpha value is -3.39. The summed E-state index contributed by atoms with van der Waals surface area (Å²) in [5.74, 6) is 1.12. The molecule has 2 N–H and O–H groups in total. The van der Waals surface area contributed by atoms with Gasteiger partial charge in [0.05, 0.1) is 24.2 Å². The molecule has 0 saturated heterocycles. The van der Waals surface area contributed by atoms with Gasteiger partial charge >= 0.3 is 5.97 Å². The summed E-state index contributed by atoms with van der Waals surface area (Å²) < 4.78 is 13.2. The molecule has 8 heteroatoms. The summed E-state index contributed by atoms with van der Waals surface area (Å²) in [6.45, 7) is 0. The topological polar surface area (TPSA) is 92.3 Å². The predicted octanol–water partition coefficient (Wildman–Crippen LogP) is 3.86. The molecule has 3 heterocycles. The fourth-order valence-corrected chi connectivity index (χ4v) is 3.71. The fourth-order valence-electron chi connectivity index (χ4n) is 2.72. The molecule has 0 bridgehead atoms. The number of carbonyl (C=O) groups is 1. The highest BCUT2D eigenvalue weighted by Crippen LogP contribution is 2.38. The number of esters is 1. The highest BCUT2D eigenvalue weighted by Gasteiger charge is 2.16. The zero-order chi connectivity index (χ0) is 19.0. The first-order valence-electron chi connectivity index (χ1n) is 8.08. The molecule has 0 atom stereocenters. The van der Waals surface area contributed by atoms with Crippen LogP contribution in [0.3, 0.4) is 0 Å². The quantitative estimate of drug-likeness (QED) is 0.541. The molecule has 4 rings (SSSR count). The number of carbonyl (C=O) groups excluding carboxylic acids is 1. The molecule has 1 aromatic carbocycles. The van der Waals surface area contributed by atoms with E-state index >= 15 is 0 Å². The van der Waals surface area contributed by atoms with E-state index in [1.54, 1.807) is 16.9 Å². The SMILES string of the molecule is COC(=O)c1cc2c(Oc3ccc(-c4cnn(C)c4)cc3)cnc(N)c2s1. The molecule has 27 heavy (non-hydrogen) atoms. The van der Waals surface area contributed by atoms with Gasteiger partial charge in [0, 0.05) is 24.2 Å². The third-order valence-electron chi connectivity index (χ3n) is 4.06. The lowest BCUT2D eigenvalue weighted by molar-refractivity contribution is 0.0606. The predicted molar refractivity (Wildman–Crippen MR) is 104 cm³/mol. The van der Waals surface area contributed by atoms with Crippen LogP contribution in [-0.2, 0) is 11.8 Å². The molecule has 4 aromatic rings. The number of hydrogen-bond donors (Lipinski definition) is 1. The monoisotopic (exact) mass is 380 g/mol. The zero-order valence-electron chi connectivity index (χ0n) is 14.7. The number of anilines is 1. The molecule has 0 radical (unpaired) electrons. The van der Waals surface area contributed by atoms with E-state index < -0.39 is 5.97 Å². The number of nitrogens with two attached hydrogens (primary N) is 1. The highest BCUT2D eigenvalue weighted by molar-refractivity contribution is 7.21. The number of thiophene rings is 1. The summed E-state index contributed by atoms with van der Waals surface area (Å²) in [6.07, 6.45) is 5.31. The minimum atomic E-state index is -0.414. The lowest BCUT2D eigenvalue weighted by Crippen LogP contribution is -1.96. The Bertz CT molecular complexity index is 1130. The van der Waals surface area contributed by atoms with Crippen molar-refractivity contribution in [3.05, 3.63) is 53.8 Å². The number of rotatable bonds is 4. The van der Waals surface area contributed by atoms with Gasteiger partial charge in [-0.1, -0.05) is 12.1 Å². The Labute approximate surface area is 159 Å². The summed E-state index contributed by atoms with van der Waals surface area (Å²) >= 11 is 1.23. The van der Waals surface area contributed by atoms with Crippen molar-refractivity contribution < 1.29 is 14.3 Å². The van der Waals surface area contributed by atoms with E-state index in [0.717, 1.165) is 16.5 Å². The number of ether oxygens (including phenoxy) is 2. The number of pyridine rings is 1. The van der Waals surface area contributed by atoms with E-state index in [2.05, 4.69) is 10.1 Å². The summed E-state index contributed by atoms with van der Waals surface area (Å²) in [6, 6.07) is 9.38. The van der Waals surface area contributed by atoms with Crippen molar-refractivity contribution in [3.63, 3.8) is 0 Å². The Kier molecular flexibility index (Phi) is 4.25. The Morgan fingerprint density at radius 1 is 1.19 bits per heavy atom. The molecule has 0 aliphatic heterocycles. The average Bonchev–Trinajstić information content (AvgIpc) is 3.31. The van der Waals surface area contributed by atoms with E-state index in [0.29, 0.717) is 26.9 Å². The lowest BCUT2D eigenvalue weighted by atomic mass is 10.1. The third kappa shape index (κ3) is 3.22. The summed E-state index contributed by atoms with van der Waals surface area (Å²) in [7, 11) is 3.22. The first-order valence-corrected chi connectivity index (χ1v) is 8.90. The van der Waals surface area contributed by atoms with E-state index in [4.69, 9.17) is 15.2 Å². The van der Waals surface area contributed by atoms with Crippen LogP contribution < -0.4 is 10.5 Å². The van der Waals surface area contributed by atoms with Crippen molar-refractivity contribution in [2.75, 3.05) is 12.8 Å². The van der Waals surface area contributed by atoms with Gasteiger partial charge in [0.25, 0.3) is 0 Å². The molecule has 0 fully saturated rings. The summed E-state index contributed by atoms with van der Waals surface area (Å²) in [5, 5.41) is 4.90. The minimum Gasteiger partial charge on any atom is -0.465 e. The molecule has 136 valence electrons. The number of nitrogens with zero attached hydrogens (tertiary/aromatic N) is 3. The molecule has 0 unspecified atom stereocenters. The maximum Gasteiger partial charge on any atom is 0.348 e. The second kappa shape index (κ2) is 6.73. The van der Waals surface area contributed by atoms with E-state index in [1.807, 2.05) is 43.7 Å². The van der Waals surface area contributed by atoms with E-state index in [9.17, 15) is 4.79 Å². The molecule has 0 saturated carbocycles. The lowest BCUT2D eigenvalue weighted by Gasteiger charge is -2.08. The number of aromatic nitrogens is 3. The molecule has 0 spiro atoms. The van der Waals surface area contributed by atoms with Gasteiger partial charge in [-0.05, 0) is 23.8 Å². The Morgan fingerprint density at radius 3 is 2.63 bits per heavy atom. The van der Waals surface area contributed by atoms with Gasteiger partial charge in [0.15, 0.2) is 5.75 Å². The second-order valence-electron chi connectivity index (χ2n) is 5.88. The second-order valence-corrected chi connectivity index (χ2v) is 6.93.